The van der Waals surface area contributed by atoms with Gasteiger partial charge >= 0.3 is 0 Å². The van der Waals surface area contributed by atoms with Crippen molar-refractivity contribution in [2.75, 3.05) is 13.2 Å². The normalized spacial score (nSPS) is 17.0. The number of hydrogen-bond acceptors (Lipinski definition) is 2. The highest BCUT2D eigenvalue weighted by Crippen LogP contribution is 2.28. The Kier molecular flexibility index (Phi) is 7.16. The van der Waals surface area contributed by atoms with Gasteiger partial charge in [-0.2, -0.15) is 0 Å². The number of rotatable bonds is 5. The van der Waals surface area contributed by atoms with Crippen molar-refractivity contribution in [2.24, 2.45) is 0 Å². The second kappa shape index (κ2) is 9.38. The fourth-order valence-electron chi connectivity index (χ4n) is 3.24. The first kappa shape index (κ1) is 20.6. The third-order valence-corrected chi connectivity index (χ3v) is 6.14. The predicted octanol–water partition coefficient (Wildman–Crippen LogP) is 6.76. The maximum absolute atomic E-state index is 12.9. The molecule has 1 saturated heterocycles. The van der Waals surface area contributed by atoms with Crippen LogP contribution in [-0.2, 0) is 0 Å². The summed E-state index contributed by atoms with van der Waals surface area (Å²) in [6.45, 7) is 1.23. The molecule has 1 unspecified atom stereocenters. The molecule has 0 spiro atoms. The lowest BCUT2D eigenvalue weighted by Gasteiger charge is -2.36. The van der Waals surface area contributed by atoms with E-state index in [1.165, 1.54) is 0 Å². The number of carbonyl (C=O) groups is 1. The van der Waals surface area contributed by atoms with Crippen LogP contribution in [0.25, 0.3) is 0 Å². The number of piperidine rings is 1. The first-order chi connectivity index (χ1) is 13.0. The molecule has 0 bridgehead atoms. The van der Waals surface area contributed by atoms with Crippen molar-refractivity contribution >= 4 is 52.3 Å². The Balaban J connectivity index is 1.63. The van der Waals surface area contributed by atoms with E-state index in [4.69, 9.17) is 51.1 Å². The monoisotopic (exact) mass is 445 g/mol. The van der Waals surface area contributed by atoms with Gasteiger partial charge in [0, 0.05) is 30.6 Å². The molecular formula is C20H19Cl4NO2. The van der Waals surface area contributed by atoms with E-state index in [2.05, 4.69) is 0 Å². The van der Waals surface area contributed by atoms with E-state index in [-0.39, 0.29) is 11.9 Å². The van der Waals surface area contributed by atoms with Gasteiger partial charge in [0.05, 0.1) is 26.7 Å². The molecule has 0 aromatic heterocycles. The van der Waals surface area contributed by atoms with E-state index >= 15 is 0 Å². The highest BCUT2D eigenvalue weighted by molar-refractivity contribution is 6.42. The molecule has 27 heavy (non-hydrogen) atoms. The summed E-state index contributed by atoms with van der Waals surface area (Å²) in [6.07, 6.45) is 3.80. The summed E-state index contributed by atoms with van der Waals surface area (Å²) in [4.78, 5) is 14.9. The van der Waals surface area contributed by atoms with E-state index in [1.807, 2.05) is 4.90 Å². The summed E-state index contributed by atoms with van der Waals surface area (Å²) in [5, 5.41) is 1.79. The summed E-state index contributed by atoms with van der Waals surface area (Å²) in [6, 6.07) is 10.3. The Bertz CT molecular complexity index is 828. The lowest BCUT2D eigenvalue weighted by Crippen LogP contribution is -2.44. The van der Waals surface area contributed by atoms with Crippen molar-refractivity contribution in [3.05, 3.63) is 62.1 Å². The number of benzene rings is 2. The minimum atomic E-state index is -0.0206. The van der Waals surface area contributed by atoms with Gasteiger partial charge in [0.25, 0.3) is 5.91 Å². The van der Waals surface area contributed by atoms with Gasteiger partial charge in [0.15, 0.2) is 0 Å². The smallest absolute Gasteiger partial charge is 0.254 e. The largest absolute Gasteiger partial charge is 0.493 e. The quantitative estimate of drug-likeness (QED) is 0.507. The standard InChI is InChI=1S/C20H19Cl4NO2/c21-16-6-4-13(11-18(16)23)20(26)25-9-2-1-3-14(25)8-10-27-15-5-7-17(22)19(24)12-15/h4-7,11-12,14H,1-3,8-10H2. The summed E-state index contributed by atoms with van der Waals surface area (Å²) >= 11 is 24.0. The Morgan fingerprint density at radius 2 is 1.67 bits per heavy atom. The fourth-order valence-corrected chi connectivity index (χ4v) is 3.83. The molecule has 0 radical (unpaired) electrons. The second-order valence-corrected chi connectivity index (χ2v) is 8.12. The zero-order valence-corrected chi connectivity index (χ0v) is 17.6. The number of likely N-dealkylation sites (tertiary alicyclic amines) is 1. The number of hydrogen-bond donors (Lipinski definition) is 0. The van der Waals surface area contributed by atoms with E-state index in [1.54, 1.807) is 36.4 Å². The molecule has 3 nitrogen and oxygen atoms in total. The molecular weight excluding hydrogens is 428 g/mol. The maximum atomic E-state index is 12.9. The first-order valence-electron chi connectivity index (χ1n) is 8.79. The lowest BCUT2D eigenvalue weighted by molar-refractivity contribution is 0.0580. The third-order valence-electron chi connectivity index (χ3n) is 4.67. The Morgan fingerprint density at radius 3 is 2.37 bits per heavy atom. The summed E-state index contributed by atoms with van der Waals surface area (Å²) in [5.74, 6) is 0.648. The van der Waals surface area contributed by atoms with Crippen molar-refractivity contribution in [1.29, 1.82) is 0 Å². The van der Waals surface area contributed by atoms with Crippen molar-refractivity contribution in [1.82, 2.24) is 4.90 Å². The molecule has 0 saturated carbocycles. The highest BCUT2D eigenvalue weighted by Gasteiger charge is 2.27. The van der Waals surface area contributed by atoms with E-state index < -0.39 is 0 Å². The molecule has 0 N–H and O–H groups in total. The molecule has 0 aliphatic carbocycles. The van der Waals surface area contributed by atoms with Crippen LogP contribution in [0.3, 0.4) is 0 Å². The van der Waals surface area contributed by atoms with Gasteiger partial charge in [0.1, 0.15) is 5.75 Å². The highest BCUT2D eigenvalue weighted by atomic mass is 35.5. The Hall–Kier alpha value is -1.13. The van der Waals surface area contributed by atoms with Gasteiger partial charge < -0.3 is 9.64 Å². The molecule has 1 heterocycles. The number of amides is 1. The van der Waals surface area contributed by atoms with Crippen LogP contribution in [0.2, 0.25) is 20.1 Å². The van der Waals surface area contributed by atoms with Crippen molar-refractivity contribution in [3.63, 3.8) is 0 Å². The second-order valence-electron chi connectivity index (χ2n) is 6.49. The molecule has 1 fully saturated rings. The zero-order chi connectivity index (χ0) is 19.4. The number of carbonyl (C=O) groups excluding carboxylic acids is 1. The molecule has 2 aromatic rings. The van der Waals surface area contributed by atoms with Crippen molar-refractivity contribution in [3.8, 4) is 5.75 Å². The summed E-state index contributed by atoms with van der Waals surface area (Å²) in [7, 11) is 0. The number of halogens is 4. The van der Waals surface area contributed by atoms with Gasteiger partial charge in [-0.05, 0) is 49.6 Å². The van der Waals surface area contributed by atoms with Crippen molar-refractivity contribution in [2.45, 2.75) is 31.7 Å². The van der Waals surface area contributed by atoms with E-state index in [0.29, 0.717) is 38.0 Å². The van der Waals surface area contributed by atoms with Crippen LogP contribution in [0, 0.1) is 0 Å². The van der Waals surface area contributed by atoms with Crippen LogP contribution in [-0.4, -0.2) is 30.0 Å². The van der Waals surface area contributed by atoms with Gasteiger partial charge in [-0.3, -0.25) is 4.79 Å². The van der Waals surface area contributed by atoms with E-state index in [9.17, 15) is 4.79 Å². The van der Waals surface area contributed by atoms with Gasteiger partial charge in [0.2, 0.25) is 0 Å². The maximum Gasteiger partial charge on any atom is 0.254 e. The van der Waals surface area contributed by atoms with Crippen molar-refractivity contribution < 1.29 is 9.53 Å². The van der Waals surface area contributed by atoms with Crippen LogP contribution in [0.1, 0.15) is 36.0 Å². The van der Waals surface area contributed by atoms with Crippen LogP contribution in [0.15, 0.2) is 36.4 Å². The molecule has 1 amide bonds. The fraction of sp³-hybridized carbons (Fsp3) is 0.350. The minimum absolute atomic E-state index is 0.0206. The number of nitrogens with zero attached hydrogens (tertiary/aromatic N) is 1. The Morgan fingerprint density at radius 1 is 0.963 bits per heavy atom. The average Bonchev–Trinajstić information content (AvgIpc) is 2.66. The topological polar surface area (TPSA) is 29.5 Å². The van der Waals surface area contributed by atoms with Gasteiger partial charge in [-0.15, -0.1) is 0 Å². The summed E-state index contributed by atoms with van der Waals surface area (Å²) < 4.78 is 5.79. The molecule has 3 rings (SSSR count). The Labute approximate surface area is 179 Å². The minimum Gasteiger partial charge on any atom is -0.493 e. The molecule has 2 aromatic carbocycles. The van der Waals surface area contributed by atoms with E-state index in [0.717, 1.165) is 32.2 Å². The molecule has 1 aliphatic rings. The van der Waals surface area contributed by atoms with Crippen LogP contribution >= 0.6 is 46.4 Å². The van der Waals surface area contributed by atoms with Crippen LogP contribution in [0.4, 0.5) is 0 Å². The average molecular weight is 447 g/mol. The molecule has 1 aliphatic heterocycles. The first-order valence-corrected chi connectivity index (χ1v) is 10.3. The lowest BCUT2D eigenvalue weighted by atomic mass is 9.98. The SMILES string of the molecule is O=C(c1ccc(Cl)c(Cl)c1)N1CCCCC1CCOc1ccc(Cl)c(Cl)c1. The van der Waals surface area contributed by atoms with Gasteiger partial charge in [-0.1, -0.05) is 46.4 Å². The predicted molar refractivity (Wildman–Crippen MR) is 112 cm³/mol. The third kappa shape index (κ3) is 5.23. The van der Waals surface area contributed by atoms with Gasteiger partial charge in [-0.25, -0.2) is 0 Å². The molecule has 7 heteroatoms. The molecule has 144 valence electrons. The number of ether oxygens (including phenoxy) is 1. The molecule has 1 atom stereocenters. The summed E-state index contributed by atoms with van der Waals surface area (Å²) in [5.41, 5.74) is 0.557. The van der Waals surface area contributed by atoms with Crippen LogP contribution in [0.5, 0.6) is 5.75 Å². The van der Waals surface area contributed by atoms with Crippen LogP contribution < -0.4 is 4.74 Å². The zero-order valence-electron chi connectivity index (χ0n) is 14.6.